The minimum absolute atomic E-state index is 0.0382. The Morgan fingerprint density at radius 2 is 2.21 bits per heavy atom. The third-order valence-electron chi connectivity index (χ3n) is 2.35. The molecule has 0 aliphatic rings. The number of nitrogens with two attached hydrogens (primary N) is 1. The van der Waals surface area contributed by atoms with Gasteiger partial charge < -0.3 is 10.2 Å². The Hall–Kier alpha value is -0.280. The van der Waals surface area contributed by atoms with Crippen LogP contribution >= 0.6 is 15.9 Å². The number of halogens is 1. The molecule has 1 heterocycles. The van der Waals surface area contributed by atoms with Crippen LogP contribution in [-0.4, -0.2) is 0 Å². The highest BCUT2D eigenvalue weighted by molar-refractivity contribution is 9.10. The van der Waals surface area contributed by atoms with Crippen LogP contribution in [0.25, 0.3) is 0 Å². The van der Waals surface area contributed by atoms with Crippen LogP contribution in [0, 0.1) is 0 Å². The summed E-state index contributed by atoms with van der Waals surface area (Å²) in [5.74, 6) is 0.876. The van der Waals surface area contributed by atoms with E-state index in [-0.39, 0.29) is 6.04 Å². The van der Waals surface area contributed by atoms with Crippen LogP contribution in [0.3, 0.4) is 0 Å². The van der Waals surface area contributed by atoms with E-state index < -0.39 is 0 Å². The molecule has 80 valence electrons. The van der Waals surface area contributed by atoms with Crippen LogP contribution in [-0.2, 0) is 0 Å². The maximum absolute atomic E-state index is 6.00. The summed E-state index contributed by atoms with van der Waals surface area (Å²) in [6.45, 7) is 2.21. The fourth-order valence-electron chi connectivity index (χ4n) is 1.49. The predicted octanol–water partition coefficient (Wildman–Crippen LogP) is 4.01. The highest BCUT2D eigenvalue weighted by Crippen LogP contribution is 2.26. The zero-order chi connectivity index (χ0) is 10.4. The number of unbranched alkanes of at least 4 members (excludes halogenated alkanes) is 3. The third kappa shape index (κ3) is 3.46. The zero-order valence-electron chi connectivity index (χ0n) is 8.63. The summed E-state index contributed by atoms with van der Waals surface area (Å²) in [7, 11) is 0. The molecule has 0 aromatic carbocycles. The lowest BCUT2D eigenvalue weighted by Gasteiger charge is -2.08. The van der Waals surface area contributed by atoms with Crippen LogP contribution in [0.5, 0.6) is 0 Å². The SMILES string of the molecule is CCCCCCC(N)c1occc1Br. The number of hydrogen-bond donors (Lipinski definition) is 1. The van der Waals surface area contributed by atoms with Gasteiger partial charge in [-0.25, -0.2) is 0 Å². The molecule has 0 saturated carbocycles. The van der Waals surface area contributed by atoms with Gasteiger partial charge in [-0.2, -0.15) is 0 Å². The summed E-state index contributed by atoms with van der Waals surface area (Å²) in [5.41, 5.74) is 6.00. The third-order valence-corrected chi connectivity index (χ3v) is 3.01. The van der Waals surface area contributed by atoms with Crippen molar-refractivity contribution in [2.24, 2.45) is 5.73 Å². The molecule has 1 aromatic heterocycles. The fourth-order valence-corrected chi connectivity index (χ4v) is 1.99. The lowest BCUT2D eigenvalue weighted by molar-refractivity contribution is 0.438. The molecule has 0 saturated heterocycles. The summed E-state index contributed by atoms with van der Waals surface area (Å²) in [6.07, 6.45) is 7.69. The molecule has 1 atom stereocenters. The van der Waals surface area contributed by atoms with Gasteiger partial charge in [-0.1, -0.05) is 32.6 Å². The molecular weight excluding hydrogens is 242 g/mol. The van der Waals surface area contributed by atoms with E-state index in [4.69, 9.17) is 10.2 Å². The van der Waals surface area contributed by atoms with Gasteiger partial charge >= 0.3 is 0 Å². The fraction of sp³-hybridized carbons (Fsp3) is 0.636. The van der Waals surface area contributed by atoms with Gasteiger partial charge in [0.05, 0.1) is 16.8 Å². The van der Waals surface area contributed by atoms with E-state index in [9.17, 15) is 0 Å². The Kier molecular flexibility index (Phi) is 5.26. The second-order valence-electron chi connectivity index (χ2n) is 3.59. The Labute approximate surface area is 94.0 Å². The first-order chi connectivity index (χ1) is 6.75. The highest BCUT2D eigenvalue weighted by Gasteiger charge is 2.12. The lowest BCUT2D eigenvalue weighted by Crippen LogP contribution is -2.09. The van der Waals surface area contributed by atoms with Crippen molar-refractivity contribution in [2.45, 2.75) is 45.1 Å². The van der Waals surface area contributed by atoms with E-state index in [1.807, 2.05) is 6.07 Å². The number of furan rings is 1. The van der Waals surface area contributed by atoms with Crippen molar-refractivity contribution in [3.05, 3.63) is 22.6 Å². The molecule has 0 aliphatic heterocycles. The van der Waals surface area contributed by atoms with Crippen molar-refractivity contribution in [3.8, 4) is 0 Å². The summed E-state index contributed by atoms with van der Waals surface area (Å²) in [5, 5.41) is 0. The molecule has 1 unspecified atom stereocenters. The maximum Gasteiger partial charge on any atom is 0.134 e. The summed E-state index contributed by atoms with van der Waals surface area (Å²) in [6, 6.07) is 1.93. The first kappa shape index (κ1) is 11.8. The monoisotopic (exact) mass is 259 g/mol. The number of hydrogen-bond acceptors (Lipinski definition) is 2. The molecule has 3 heteroatoms. The quantitative estimate of drug-likeness (QED) is 0.785. The molecular formula is C11H18BrNO. The van der Waals surface area contributed by atoms with Crippen molar-refractivity contribution < 1.29 is 4.42 Å². The van der Waals surface area contributed by atoms with Gasteiger partial charge in [0.15, 0.2) is 0 Å². The van der Waals surface area contributed by atoms with Gasteiger partial charge in [-0.05, 0) is 28.4 Å². The van der Waals surface area contributed by atoms with Crippen LogP contribution < -0.4 is 5.73 Å². The van der Waals surface area contributed by atoms with Crippen LogP contribution in [0.1, 0.15) is 50.8 Å². The first-order valence-corrected chi connectivity index (χ1v) is 6.03. The normalized spacial score (nSPS) is 13.1. The second kappa shape index (κ2) is 6.25. The van der Waals surface area contributed by atoms with Crippen molar-refractivity contribution >= 4 is 15.9 Å². The molecule has 1 aromatic rings. The minimum atomic E-state index is 0.0382. The largest absolute Gasteiger partial charge is 0.466 e. The molecule has 0 aliphatic carbocycles. The Morgan fingerprint density at radius 1 is 1.43 bits per heavy atom. The maximum atomic E-state index is 6.00. The van der Waals surface area contributed by atoms with Gasteiger partial charge in [-0.15, -0.1) is 0 Å². The van der Waals surface area contributed by atoms with Crippen molar-refractivity contribution in [2.75, 3.05) is 0 Å². The van der Waals surface area contributed by atoms with E-state index in [2.05, 4.69) is 22.9 Å². The van der Waals surface area contributed by atoms with Gasteiger partial charge in [0, 0.05) is 0 Å². The topological polar surface area (TPSA) is 39.2 Å². The predicted molar refractivity (Wildman–Crippen MR) is 62.1 cm³/mol. The van der Waals surface area contributed by atoms with E-state index in [1.165, 1.54) is 25.7 Å². The van der Waals surface area contributed by atoms with Gasteiger partial charge in [0.1, 0.15) is 5.76 Å². The van der Waals surface area contributed by atoms with E-state index in [1.54, 1.807) is 6.26 Å². The van der Waals surface area contributed by atoms with Crippen molar-refractivity contribution in [1.82, 2.24) is 0 Å². The Bertz CT molecular complexity index is 260. The minimum Gasteiger partial charge on any atom is -0.466 e. The summed E-state index contributed by atoms with van der Waals surface area (Å²) in [4.78, 5) is 0. The Balaban J connectivity index is 2.28. The molecule has 0 amide bonds. The van der Waals surface area contributed by atoms with Crippen molar-refractivity contribution in [3.63, 3.8) is 0 Å². The van der Waals surface area contributed by atoms with Gasteiger partial charge in [0.2, 0.25) is 0 Å². The molecule has 1 rings (SSSR count). The standard InChI is InChI=1S/C11H18BrNO/c1-2-3-4-5-6-10(13)11-9(12)7-8-14-11/h7-8,10H,2-6,13H2,1H3. The molecule has 2 N–H and O–H groups in total. The molecule has 0 bridgehead atoms. The molecule has 2 nitrogen and oxygen atoms in total. The summed E-state index contributed by atoms with van der Waals surface area (Å²) < 4.78 is 6.30. The molecule has 14 heavy (non-hydrogen) atoms. The Morgan fingerprint density at radius 3 is 2.79 bits per heavy atom. The first-order valence-electron chi connectivity index (χ1n) is 5.24. The summed E-state index contributed by atoms with van der Waals surface area (Å²) >= 11 is 3.42. The average molecular weight is 260 g/mol. The van der Waals surface area contributed by atoms with Gasteiger partial charge in [-0.3, -0.25) is 0 Å². The van der Waals surface area contributed by atoms with Gasteiger partial charge in [0.25, 0.3) is 0 Å². The smallest absolute Gasteiger partial charge is 0.134 e. The van der Waals surface area contributed by atoms with Crippen LogP contribution in [0.4, 0.5) is 0 Å². The van der Waals surface area contributed by atoms with Crippen LogP contribution in [0.15, 0.2) is 21.2 Å². The van der Waals surface area contributed by atoms with Crippen molar-refractivity contribution in [1.29, 1.82) is 0 Å². The molecule has 0 fully saturated rings. The van der Waals surface area contributed by atoms with Crippen LogP contribution in [0.2, 0.25) is 0 Å². The average Bonchev–Trinajstić information content (AvgIpc) is 2.59. The zero-order valence-corrected chi connectivity index (χ0v) is 10.2. The number of rotatable bonds is 6. The van der Waals surface area contributed by atoms with E-state index in [0.717, 1.165) is 16.7 Å². The second-order valence-corrected chi connectivity index (χ2v) is 4.44. The van der Waals surface area contributed by atoms with E-state index in [0.29, 0.717) is 0 Å². The highest BCUT2D eigenvalue weighted by atomic mass is 79.9. The van der Waals surface area contributed by atoms with E-state index >= 15 is 0 Å². The molecule has 0 radical (unpaired) electrons. The lowest BCUT2D eigenvalue weighted by atomic mass is 10.1. The molecule has 0 spiro atoms.